The molecule has 0 unspecified atom stereocenters. The normalized spacial score (nSPS) is 13.2. The van der Waals surface area contributed by atoms with Crippen molar-refractivity contribution in [3.8, 4) is 0 Å². The van der Waals surface area contributed by atoms with E-state index in [0.29, 0.717) is 31.0 Å². The van der Waals surface area contributed by atoms with Gasteiger partial charge in [0.15, 0.2) is 0 Å². The number of hydrogen-bond donors (Lipinski definition) is 2. The second-order valence-electron chi connectivity index (χ2n) is 6.73. The fraction of sp³-hybridized carbons (Fsp3) is 0.136. The van der Waals surface area contributed by atoms with E-state index in [2.05, 4.69) is 10.6 Å². The number of amides is 3. The summed E-state index contributed by atoms with van der Waals surface area (Å²) in [6, 6.07) is 19.6. The molecule has 7 heteroatoms. The van der Waals surface area contributed by atoms with E-state index < -0.39 is 5.91 Å². The molecule has 0 spiro atoms. The van der Waals surface area contributed by atoms with Gasteiger partial charge in [-0.15, -0.1) is 0 Å². The molecular formula is C22H20N4O3. The third-order valence-electron chi connectivity index (χ3n) is 4.73. The van der Waals surface area contributed by atoms with Crippen LogP contribution in [0.2, 0.25) is 0 Å². The zero-order chi connectivity index (χ0) is 20.2. The Labute approximate surface area is 167 Å². The predicted octanol–water partition coefficient (Wildman–Crippen LogP) is 2.68. The van der Waals surface area contributed by atoms with E-state index >= 15 is 0 Å². The van der Waals surface area contributed by atoms with Gasteiger partial charge in [0.2, 0.25) is 0 Å². The predicted molar refractivity (Wildman–Crippen MR) is 111 cm³/mol. The third-order valence-corrected chi connectivity index (χ3v) is 4.73. The first-order chi connectivity index (χ1) is 14.1. The highest BCUT2D eigenvalue weighted by Gasteiger charge is 2.21. The number of benzene rings is 2. The fourth-order valence-corrected chi connectivity index (χ4v) is 3.28. The van der Waals surface area contributed by atoms with E-state index in [4.69, 9.17) is 0 Å². The molecule has 0 atom stereocenters. The number of carbonyl (C=O) groups excluding carboxylic acids is 2. The third kappa shape index (κ3) is 4.03. The van der Waals surface area contributed by atoms with Crippen molar-refractivity contribution in [1.82, 2.24) is 9.88 Å². The SMILES string of the molecule is O=C(Nc1cccc(N2CCNC2=O)c1)c1cccn(Cc2ccccc2)c1=O. The number of urea groups is 1. The maximum absolute atomic E-state index is 12.8. The highest BCUT2D eigenvalue weighted by Crippen LogP contribution is 2.21. The van der Waals surface area contributed by atoms with Gasteiger partial charge in [-0.25, -0.2) is 4.79 Å². The quantitative estimate of drug-likeness (QED) is 0.705. The summed E-state index contributed by atoms with van der Waals surface area (Å²) in [6.45, 7) is 1.54. The Bertz CT molecular complexity index is 1110. The summed E-state index contributed by atoms with van der Waals surface area (Å²) in [5.74, 6) is -0.486. The van der Waals surface area contributed by atoms with E-state index in [1.165, 1.54) is 10.6 Å². The molecule has 7 nitrogen and oxygen atoms in total. The lowest BCUT2D eigenvalue weighted by molar-refractivity contribution is 0.102. The Morgan fingerprint density at radius 3 is 2.59 bits per heavy atom. The zero-order valence-electron chi connectivity index (χ0n) is 15.7. The maximum Gasteiger partial charge on any atom is 0.321 e. The van der Waals surface area contributed by atoms with Crippen LogP contribution in [0, 0.1) is 0 Å². The molecule has 1 saturated heterocycles. The Hall–Kier alpha value is -3.87. The van der Waals surface area contributed by atoms with Crippen LogP contribution >= 0.6 is 0 Å². The van der Waals surface area contributed by atoms with Crippen LogP contribution in [0.5, 0.6) is 0 Å². The Morgan fingerprint density at radius 1 is 1.00 bits per heavy atom. The second-order valence-corrected chi connectivity index (χ2v) is 6.73. The average Bonchev–Trinajstić information content (AvgIpc) is 3.16. The van der Waals surface area contributed by atoms with Gasteiger partial charge in [-0.1, -0.05) is 36.4 Å². The van der Waals surface area contributed by atoms with Crippen molar-refractivity contribution in [3.63, 3.8) is 0 Å². The summed E-state index contributed by atoms with van der Waals surface area (Å²) in [5, 5.41) is 5.50. The minimum Gasteiger partial charge on any atom is -0.336 e. The maximum atomic E-state index is 12.8. The van der Waals surface area contributed by atoms with Crippen LogP contribution in [0.3, 0.4) is 0 Å². The van der Waals surface area contributed by atoms with E-state index in [-0.39, 0.29) is 17.2 Å². The van der Waals surface area contributed by atoms with Crippen molar-refractivity contribution >= 4 is 23.3 Å². The number of aromatic nitrogens is 1. The summed E-state index contributed by atoms with van der Waals surface area (Å²) in [4.78, 5) is 38.9. The van der Waals surface area contributed by atoms with E-state index in [0.717, 1.165) is 5.56 Å². The monoisotopic (exact) mass is 388 g/mol. The zero-order valence-corrected chi connectivity index (χ0v) is 15.7. The number of hydrogen-bond acceptors (Lipinski definition) is 3. The van der Waals surface area contributed by atoms with Crippen LogP contribution < -0.4 is 21.1 Å². The van der Waals surface area contributed by atoms with Crippen molar-refractivity contribution in [2.45, 2.75) is 6.54 Å². The fourth-order valence-electron chi connectivity index (χ4n) is 3.28. The van der Waals surface area contributed by atoms with Gasteiger partial charge in [-0.05, 0) is 35.9 Å². The van der Waals surface area contributed by atoms with Crippen LogP contribution in [0.15, 0.2) is 77.7 Å². The van der Waals surface area contributed by atoms with Crippen LogP contribution in [0.4, 0.5) is 16.2 Å². The number of carbonyl (C=O) groups is 2. The molecule has 3 amide bonds. The van der Waals surface area contributed by atoms with Gasteiger partial charge in [0.1, 0.15) is 5.56 Å². The molecule has 1 aliphatic heterocycles. The first kappa shape index (κ1) is 18.5. The van der Waals surface area contributed by atoms with Gasteiger partial charge in [0, 0.05) is 30.7 Å². The first-order valence-corrected chi connectivity index (χ1v) is 9.32. The van der Waals surface area contributed by atoms with Gasteiger partial charge >= 0.3 is 6.03 Å². The molecule has 1 aliphatic rings. The number of nitrogens with one attached hydrogen (secondary N) is 2. The molecule has 2 aromatic carbocycles. The highest BCUT2D eigenvalue weighted by atomic mass is 16.2. The molecule has 3 aromatic rings. The molecule has 146 valence electrons. The summed E-state index contributed by atoms with van der Waals surface area (Å²) in [5.41, 5.74) is 1.89. The number of nitrogens with zero attached hydrogens (tertiary/aromatic N) is 2. The van der Waals surface area contributed by atoms with Gasteiger partial charge < -0.3 is 15.2 Å². The van der Waals surface area contributed by atoms with Crippen molar-refractivity contribution in [3.05, 3.63) is 94.4 Å². The molecule has 0 radical (unpaired) electrons. The highest BCUT2D eigenvalue weighted by molar-refractivity contribution is 6.04. The van der Waals surface area contributed by atoms with E-state index in [1.807, 2.05) is 30.3 Å². The second kappa shape index (κ2) is 8.02. The minimum absolute atomic E-state index is 0.0627. The molecule has 1 aromatic heterocycles. The van der Waals surface area contributed by atoms with Crippen LogP contribution in [-0.4, -0.2) is 29.6 Å². The number of rotatable bonds is 5. The lowest BCUT2D eigenvalue weighted by Gasteiger charge is -2.15. The molecule has 1 fully saturated rings. The number of anilines is 2. The lowest BCUT2D eigenvalue weighted by atomic mass is 10.2. The van der Waals surface area contributed by atoms with E-state index in [9.17, 15) is 14.4 Å². The molecule has 29 heavy (non-hydrogen) atoms. The van der Waals surface area contributed by atoms with E-state index in [1.54, 1.807) is 41.4 Å². The summed E-state index contributed by atoms with van der Waals surface area (Å²) in [6.07, 6.45) is 1.67. The van der Waals surface area contributed by atoms with Gasteiger partial charge in [-0.2, -0.15) is 0 Å². The van der Waals surface area contributed by atoms with Crippen molar-refractivity contribution in [2.24, 2.45) is 0 Å². The Morgan fingerprint density at radius 2 is 1.83 bits per heavy atom. The van der Waals surface area contributed by atoms with Crippen LogP contribution in [0.1, 0.15) is 15.9 Å². The molecule has 4 rings (SSSR count). The minimum atomic E-state index is -0.486. The van der Waals surface area contributed by atoms with Crippen molar-refractivity contribution in [1.29, 1.82) is 0 Å². The standard InChI is InChI=1S/C22H20N4O3/c27-20(24-17-8-4-9-18(14-17)26-13-11-23-22(26)29)19-10-5-12-25(21(19)28)15-16-6-2-1-3-7-16/h1-10,12,14H,11,13,15H2,(H,23,29)(H,24,27). The average molecular weight is 388 g/mol. The van der Waals surface area contributed by atoms with Crippen molar-refractivity contribution < 1.29 is 9.59 Å². The molecule has 0 bridgehead atoms. The topological polar surface area (TPSA) is 83.4 Å². The molecule has 2 N–H and O–H groups in total. The van der Waals surface area contributed by atoms with Gasteiger partial charge in [-0.3, -0.25) is 14.5 Å². The Balaban J connectivity index is 1.54. The molecule has 0 saturated carbocycles. The molecular weight excluding hydrogens is 368 g/mol. The van der Waals surface area contributed by atoms with Crippen molar-refractivity contribution in [2.75, 3.05) is 23.3 Å². The number of pyridine rings is 1. The summed E-state index contributed by atoms with van der Waals surface area (Å²) >= 11 is 0. The largest absolute Gasteiger partial charge is 0.336 e. The summed E-state index contributed by atoms with van der Waals surface area (Å²) < 4.78 is 1.51. The van der Waals surface area contributed by atoms with Crippen LogP contribution in [-0.2, 0) is 6.54 Å². The Kier molecular flexibility index (Phi) is 5.11. The lowest BCUT2D eigenvalue weighted by Crippen LogP contribution is -2.29. The smallest absolute Gasteiger partial charge is 0.321 e. The summed E-state index contributed by atoms with van der Waals surface area (Å²) in [7, 11) is 0. The molecule has 0 aliphatic carbocycles. The molecule has 2 heterocycles. The van der Waals surface area contributed by atoms with Gasteiger partial charge in [0.05, 0.1) is 6.54 Å². The first-order valence-electron chi connectivity index (χ1n) is 9.32. The van der Waals surface area contributed by atoms with Gasteiger partial charge in [0.25, 0.3) is 11.5 Å². The van der Waals surface area contributed by atoms with Crippen LogP contribution in [0.25, 0.3) is 0 Å².